The van der Waals surface area contributed by atoms with Gasteiger partial charge in [-0.2, -0.15) is 0 Å². The summed E-state index contributed by atoms with van der Waals surface area (Å²) in [6.45, 7) is 3.51. The summed E-state index contributed by atoms with van der Waals surface area (Å²) in [5.74, 6) is -0.710. The molecule has 1 aromatic heterocycles. The molecule has 4 rings (SSSR count). The molecule has 0 aliphatic carbocycles. The zero-order chi connectivity index (χ0) is 25.8. The Morgan fingerprint density at radius 3 is 2.36 bits per heavy atom. The Bertz CT molecular complexity index is 1540. The predicted molar refractivity (Wildman–Crippen MR) is 128 cm³/mol. The van der Waals surface area contributed by atoms with Crippen LogP contribution in [0.2, 0.25) is 0 Å². The lowest BCUT2D eigenvalue weighted by Gasteiger charge is -2.10. The number of carbonyl (C=O) groups is 2. The fraction of sp³-hybridized carbons (Fsp3) is 0.115. The summed E-state index contributed by atoms with van der Waals surface area (Å²) in [6, 6.07) is 15.5. The Morgan fingerprint density at radius 1 is 0.944 bits per heavy atom. The monoisotopic (exact) mass is 489 g/mol. The first-order valence-electron chi connectivity index (χ1n) is 10.8. The van der Waals surface area contributed by atoms with Gasteiger partial charge in [0.05, 0.1) is 28.0 Å². The summed E-state index contributed by atoms with van der Waals surface area (Å²) >= 11 is 0. The molecular formula is C26H19NO9. The Labute approximate surface area is 203 Å². The second kappa shape index (κ2) is 10.1. The van der Waals surface area contributed by atoms with Gasteiger partial charge < -0.3 is 18.6 Å². The van der Waals surface area contributed by atoms with Crippen LogP contribution in [0.4, 0.5) is 5.69 Å². The number of nitro groups is 1. The minimum Gasteiger partial charge on any atom is -0.462 e. The number of ether oxygens (including phenoxy) is 3. The lowest BCUT2D eigenvalue weighted by molar-refractivity contribution is -0.384. The van der Waals surface area contributed by atoms with Crippen LogP contribution < -0.4 is 14.9 Å². The van der Waals surface area contributed by atoms with E-state index in [1.165, 1.54) is 60.7 Å². The topological polar surface area (TPSA) is 135 Å². The number of non-ortho nitro benzene ring substituents is 1. The molecule has 0 bridgehead atoms. The quantitative estimate of drug-likeness (QED) is 0.148. The molecule has 0 saturated heterocycles. The van der Waals surface area contributed by atoms with Crippen LogP contribution in [-0.2, 0) is 4.74 Å². The summed E-state index contributed by atoms with van der Waals surface area (Å²) in [4.78, 5) is 47.6. The number of esters is 2. The molecule has 0 unspecified atom stereocenters. The second-order valence-electron chi connectivity index (χ2n) is 7.52. The molecule has 182 valence electrons. The fourth-order valence-corrected chi connectivity index (χ4v) is 3.35. The summed E-state index contributed by atoms with van der Waals surface area (Å²) < 4.78 is 21.7. The Kier molecular flexibility index (Phi) is 6.77. The first-order chi connectivity index (χ1) is 17.3. The number of hydrogen-bond acceptors (Lipinski definition) is 9. The summed E-state index contributed by atoms with van der Waals surface area (Å²) in [7, 11) is 0. The molecule has 0 fully saturated rings. The van der Waals surface area contributed by atoms with E-state index < -0.39 is 22.3 Å². The van der Waals surface area contributed by atoms with Gasteiger partial charge in [-0.05, 0) is 56.3 Å². The number of benzene rings is 3. The Balaban J connectivity index is 1.57. The number of aryl methyl sites for hydroxylation is 1. The van der Waals surface area contributed by atoms with Gasteiger partial charge in [0.25, 0.3) is 5.69 Å². The van der Waals surface area contributed by atoms with Gasteiger partial charge in [-0.1, -0.05) is 6.07 Å². The van der Waals surface area contributed by atoms with E-state index in [-0.39, 0.29) is 46.1 Å². The van der Waals surface area contributed by atoms with Crippen LogP contribution in [0.25, 0.3) is 11.0 Å². The number of fused-ring (bicyclic) bond motifs is 1. The van der Waals surface area contributed by atoms with E-state index in [1.54, 1.807) is 13.8 Å². The van der Waals surface area contributed by atoms with E-state index in [0.29, 0.717) is 11.3 Å². The van der Waals surface area contributed by atoms with Gasteiger partial charge in [0, 0.05) is 18.2 Å². The standard InChI is InChI=1S/C26H19NO9/c1-3-33-25(29)16-7-9-19(10-8-16)35-24-15(2)34-22-14-20(11-12-21(22)23(24)28)36-26(30)17-5-4-6-18(13-17)27(31)32/h4-14H,3H2,1-2H3. The third-order valence-electron chi connectivity index (χ3n) is 5.08. The van der Waals surface area contributed by atoms with Gasteiger partial charge in [-0.25, -0.2) is 9.59 Å². The third kappa shape index (κ3) is 5.07. The normalized spacial score (nSPS) is 10.6. The minimum absolute atomic E-state index is 0.000321. The third-order valence-corrected chi connectivity index (χ3v) is 5.08. The maximum Gasteiger partial charge on any atom is 0.343 e. The van der Waals surface area contributed by atoms with Gasteiger partial charge in [0.15, 0.2) is 0 Å². The van der Waals surface area contributed by atoms with E-state index in [0.717, 1.165) is 6.07 Å². The van der Waals surface area contributed by atoms with Crippen LogP contribution in [0, 0.1) is 17.0 Å². The van der Waals surface area contributed by atoms with E-state index in [4.69, 9.17) is 18.6 Å². The Morgan fingerprint density at radius 2 is 1.67 bits per heavy atom. The maximum atomic E-state index is 13.0. The highest BCUT2D eigenvalue weighted by Crippen LogP contribution is 2.28. The van der Waals surface area contributed by atoms with Crippen LogP contribution in [0.15, 0.2) is 75.9 Å². The van der Waals surface area contributed by atoms with Crippen molar-refractivity contribution in [2.75, 3.05) is 6.61 Å². The average Bonchev–Trinajstić information content (AvgIpc) is 2.87. The molecular weight excluding hydrogens is 470 g/mol. The van der Waals surface area contributed by atoms with Gasteiger partial charge in [-0.3, -0.25) is 14.9 Å². The van der Waals surface area contributed by atoms with E-state index in [2.05, 4.69) is 0 Å². The first-order valence-corrected chi connectivity index (χ1v) is 10.8. The van der Waals surface area contributed by atoms with Crippen LogP contribution in [-0.4, -0.2) is 23.5 Å². The number of carbonyl (C=O) groups excluding carboxylic acids is 2. The molecule has 0 radical (unpaired) electrons. The number of rotatable bonds is 7. The summed E-state index contributed by atoms with van der Waals surface area (Å²) in [6.07, 6.45) is 0. The average molecular weight is 489 g/mol. The van der Waals surface area contributed by atoms with Crippen molar-refractivity contribution in [2.24, 2.45) is 0 Å². The summed E-state index contributed by atoms with van der Waals surface area (Å²) in [5, 5.41) is 11.1. The summed E-state index contributed by atoms with van der Waals surface area (Å²) in [5.41, 5.74) is -0.183. The highest BCUT2D eigenvalue weighted by molar-refractivity contribution is 5.92. The second-order valence-corrected chi connectivity index (χ2v) is 7.52. The van der Waals surface area contributed by atoms with Crippen LogP contribution >= 0.6 is 0 Å². The largest absolute Gasteiger partial charge is 0.462 e. The number of hydrogen-bond donors (Lipinski definition) is 0. The molecule has 10 nitrogen and oxygen atoms in total. The number of nitrogens with zero attached hydrogens (tertiary/aromatic N) is 1. The van der Waals surface area contributed by atoms with Crippen LogP contribution in [0.3, 0.4) is 0 Å². The molecule has 0 saturated carbocycles. The molecule has 1 heterocycles. The highest BCUT2D eigenvalue weighted by Gasteiger charge is 2.17. The molecule has 0 spiro atoms. The zero-order valence-corrected chi connectivity index (χ0v) is 19.2. The van der Waals surface area contributed by atoms with Gasteiger partial charge >= 0.3 is 11.9 Å². The first kappa shape index (κ1) is 24.1. The molecule has 3 aromatic carbocycles. The predicted octanol–water partition coefficient (Wildman–Crippen LogP) is 5.20. The van der Waals surface area contributed by atoms with Crippen molar-refractivity contribution in [1.82, 2.24) is 0 Å². The van der Waals surface area contributed by atoms with Crippen molar-refractivity contribution in [1.29, 1.82) is 0 Å². The molecule has 0 aliphatic heterocycles. The van der Waals surface area contributed by atoms with Crippen molar-refractivity contribution >= 4 is 28.6 Å². The van der Waals surface area contributed by atoms with Crippen LogP contribution in [0.1, 0.15) is 33.4 Å². The van der Waals surface area contributed by atoms with Crippen molar-refractivity contribution in [2.45, 2.75) is 13.8 Å². The van der Waals surface area contributed by atoms with E-state index in [1.807, 2.05) is 0 Å². The van der Waals surface area contributed by atoms with Crippen molar-refractivity contribution in [3.63, 3.8) is 0 Å². The van der Waals surface area contributed by atoms with Gasteiger partial charge in [0.2, 0.25) is 11.2 Å². The molecule has 0 atom stereocenters. The lowest BCUT2D eigenvalue weighted by atomic mass is 10.2. The van der Waals surface area contributed by atoms with E-state index >= 15 is 0 Å². The molecule has 4 aromatic rings. The lowest BCUT2D eigenvalue weighted by Crippen LogP contribution is -2.10. The fourth-order valence-electron chi connectivity index (χ4n) is 3.35. The molecule has 0 amide bonds. The SMILES string of the molecule is CCOC(=O)c1ccc(Oc2c(C)oc3cc(OC(=O)c4cccc([N+](=O)[O-])c4)ccc3c2=O)cc1. The zero-order valence-electron chi connectivity index (χ0n) is 19.2. The highest BCUT2D eigenvalue weighted by atomic mass is 16.6. The van der Waals surface area contributed by atoms with Crippen molar-refractivity contribution < 1.29 is 33.1 Å². The van der Waals surface area contributed by atoms with Gasteiger partial charge in [-0.15, -0.1) is 0 Å². The molecule has 36 heavy (non-hydrogen) atoms. The maximum absolute atomic E-state index is 13.0. The molecule has 0 aliphatic rings. The number of nitro benzene ring substituents is 1. The van der Waals surface area contributed by atoms with E-state index in [9.17, 15) is 24.5 Å². The van der Waals surface area contributed by atoms with Crippen LogP contribution in [0.5, 0.6) is 17.2 Å². The Hall–Kier alpha value is -4.99. The smallest absolute Gasteiger partial charge is 0.343 e. The van der Waals surface area contributed by atoms with Crippen molar-refractivity contribution in [3.8, 4) is 17.2 Å². The molecule has 0 N–H and O–H groups in total. The minimum atomic E-state index is -0.802. The molecule has 10 heteroatoms. The van der Waals surface area contributed by atoms with Crippen molar-refractivity contribution in [3.05, 3.63) is 104 Å². The van der Waals surface area contributed by atoms with Gasteiger partial charge in [0.1, 0.15) is 22.8 Å².